The highest BCUT2D eigenvalue weighted by molar-refractivity contribution is 7.14. The molecule has 1 amide bonds. The van der Waals surface area contributed by atoms with Gasteiger partial charge in [0.2, 0.25) is 11.7 Å². The number of carbonyl (C=O) groups excluding carboxylic acids is 3. The molecule has 1 aliphatic rings. The van der Waals surface area contributed by atoms with Gasteiger partial charge in [0, 0.05) is 41.8 Å². The number of thiazole rings is 1. The van der Waals surface area contributed by atoms with Crippen LogP contribution in [0.2, 0.25) is 0 Å². The fourth-order valence-corrected chi connectivity index (χ4v) is 4.62. The number of amides is 1. The Hall–Kier alpha value is -3.10. The van der Waals surface area contributed by atoms with Crippen LogP contribution in [-0.4, -0.2) is 41.2 Å². The summed E-state index contributed by atoms with van der Waals surface area (Å²) in [6.45, 7) is 0.123. The van der Waals surface area contributed by atoms with Crippen LogP contribution in [0.3, 0.4) is 0 Å². The Morgan fingerprint density at radius 3 is 2.61 bits per heavy atom. The first-order chi connectivity index (χ1) is 16.0. The minimum absolute atomic E-state index is 0.0303. The number of carbonyl (C=O) groups is 3. The molecule has 6 nitrogen and oxygen atoms in total. The van der Waals surface area contributed by atoms with Crippen molar-refractivity contribution in [2.24, 2.45) is 5.92 Å². The van der Waals surface area contributed by atoms with E-state index in [0.717, 1.165) is 23.4 Å². The number of hydrogen-bond donors (Lipinski definition) is 0. The van der Waals surface area contributed by atoms with Crippen molar-refractivity contribution in [3.63, 3.8) is 0 Å². The van der Waals surface area contributed by atoms with Crippen LogP contribution in [0, 0.1) is 11.7 Å². The van der Waals surface area contributed by atoms with Crippen LogP contribution in [0.4, 0.5) is 9.52 Å². The fourth-order valence-electron chi connectivity index (χ4n) is 3.56. The quantitative estimate of drug-likeness (QED) is 0.261. The van der Waals surface area contributed by atoms with Gasteiger partial charge in [-0.05, 0) is 24.3 Å². The number of alkyl halides is 1. The maximum Gasteiger partial charge on any atom is 0.312 e. The molecule has 0 bridgehead atoms. The van der Waals surface area contributed by atoms with Gasteiger partial charge in [-0.25, -0.2) is 9.37 Å². The molecule has 0 saturated carbocycles. The number of Topliss-reactive ketones (excluding diaryl/α,β-unsaturated/α-hetero) is 1. The van der Waals surface area contributed by atoms with Crippen molar-refractivity contribution < 1.29 is 23.5 Å². The molecule has 0 unspecified atom stereocenters. The summed E-state index contributed by atoms with van der Waals surface area (Å²) in [4.78, 5) is 44.1. The third kappa shape index (κ3) is 5.29. The van der Waals surface area contributed by atoms with E-state index in [0.29, 0.717) is 5.13 Å². The van der Waals surface area contributed by atoms with Gasteiger partial charge in [-0.15, -0.1) is 22.9 Å². The van der Waals surface area contributed by atoms with E-state index in [9.17, 15) is 18.8 Å². The molecule has 3 aromatic rings. The van der Waals surface area contributed by atoms with Gasteiger partial charge in [0.25, 0.3) is 0 Å². The lowest BCUT2D eigenvalue weighted by molar-refractivity contribution is -0.151. The predicted octanol–water partition coefficient (Wildman–Crippen LogP) is 4.73. The molecule has 2 heterocycles. The van der Waals surface area contributed by atoms with Gasteiger partial charge in [-0.1, -0.05) is 30.3 Å². The second kappa shape index (κ2) is 10.2. The predicted molar refractivity (Wildman–Crippen MR) is 124 cm³/mol. The number of halogens is 2. The van der Waals surface area contributed by atoms with Crippen LogP contribution in [-0.2, 0) is 14.3 Å². The lowest BCUT2D eigenvalue weighted by Gasteiger charge is -2.18. The first kappa shape index (κ1) is 23.1. The molecule has 4 rings (SSSR count). The number of benzene rings is 2. The Kier molecular flexibility index (Phi) is 7.15. The minimum Gasteiger partial charge on any atom is -0.454 e. The van der Waals surface area contributed by atoms with E-state index < -0.39 is 29.6 Å². The normalized spacial score (nSPS) is 16.6. The number of hydrogen-bond acceptors (Lipinski definition) is 6. The van der Waals surface area contributed by atoms with Gasteiger partial charge in [0.05, 0.1) is 11.6 Å². The molecule has 0 spiro atoms. The summed E-state index contributed by atoms with van der Waals surface area (Å²) in [6.07, 6.45) is -1.02. The van der Waals surface area contributed by atoms with Crippen LogP contribution in [0.1, 0.15) is 23.2 Å². The highest BCUT2D eigenvalue weighted by Crippen LogP contribution is 2.32. The number of esters is 1. The molecular weight excluding hydrogens is 467 g/mol. The van der Waals surface area contributed by atoms with Crippen molar-refractivity contribution in [3.8, 4) is 11.3 Å². The monoisotopic (exact) mass is 486 g/mol. The molecule has 170 valence electrons. The summed E-state index contributed by atoms with van der Waals surface area (Å²) in [6, 6.07) is 14.6. The zero-order chi connectivity index (χ0) is 23.4. The second-order valence-corrected chi connectivity index (χ2v) is 8.78. The van der Waals surface area contributed by atoms with Gasteiger partial charge >= 0.3 is 5.97 Å². The zero-order valence-corrected chi connectivity index (χ0v) is 19.0. The molecule has 2 atom stereocenters. The number of ether oxygens (including phenoxy) is 1. The van der Waals surface area contributed by atoms with Crippen molar-refractivity contribution in [1.29, 1.82) is 0 Å². The average Bonchev–Trinajstić information content (AvgIpc) is 3.46. The highest BCUT2D eigenvalue weighted by atomic mass is 35.5. The first-order valence-electron chi connectivity index (χ1n) is 10.3. The first-order valence-corrected chi connectivity index (χ1v) is 11.7. The molecule has 1 saturated heterocycles. The number of anilines is 1. The van der Waals surface area contributed by atoms with Crippen molar-refractivity contribution in [1.82, 2.24) is 4.98 Å². The summed E-state index contributed by atoms with van der Waals surface area (Å²) in [5, 5.41) is 2.37. The Morgan fingerprint density at radius 2 is 1.91 bits per heavy atom. The smallest absolute Gasteiger partial charge is 0.312 e. The molecule has 33 heavy (non-hydrogen) atoms. The molecule has 9 heteroatoms. The van der Waals surface area contributed by atoms with Gasteiger partial charge in [-0.2, -0.15) is 0 Å². The van der Waals surface area contributed by atoms with Gasteiger partial charge in [0.1, 0.15) is 5.82 Å². The molecule has 2 aromatic carbocycles. The molecule has 0 N–H and O–H groups in total. The summed E-state index contributed by atoms with van der Waals surface area (Å²) in [5.41, 5.74) is 1.91. The largest absolute Gasteiger partial charge is 0.454 e. The van der Waals surface area contributed by atoms with Crippen LogP contribution >= 0.6 is 22.9 Å². The lowest BCUT2D eigenvalue weighted by Crippen LogP contribution is -2.32. The number of ketones is 1. The number of nitrogens with zero attached hydrogens (tertiary/aromatic N) is 2. The summed E-state index contributed by atoms with van der Waals surface area (Å²) in [7, 11) is 0. The van der Waals surface area contributed by atoms with Crippen molar-refractivity contribution in [2.45, 2.75) is 18.9 Å². The van der Waals surface area contributed by atoms with E-state index in [2.05, 4.69) is 4.98 Å². The fraction of sp³-hybridized carbons (Fsp3) is 0.250. The Balaban J connectivity index is 1.43. The topological polar surface area (TPSA) is 76.6 Å². The minimum atomic E-state index is -1.10. The van der Waals surface area contributed by atoms with Gasteiger partial charge < -0.3 is 4.74 Å². The van der Waals surface area contributed by atoms with E-state index >= 15 is 0 Å². The summed E-state index contributed by atoms with van der Waals surface area (Å²) in [5.74, 6) is -2.43. The molecular formula is C24H20ClFN2O4S. The van der Waals surface area contributed by atoms with E-state index in [-0.39, 0.29) is 36.7 Å². The van der Waals surface area contributed by atoms with Crippen LogP contribution in [0.5, 0.6) is 0 Å². The Morgan fingerprint density at radius 1 is 1.18 bits per heavy atom. The average molecular weight is 487 g/mol. The Labute approximate surface area is 199 Å². The molecule has 1 aliphatic heterocycles. The standard InChI is InChI=1S/C24H20ClFN2O4S/c25-11-10-20(22(30)16-6-8-18(26)9-7-16)32-23(31)17-12-21(29)28(13-17)24-27-19(14-33-24)15-4-2-1-3-5-15/h1-9,14,17,20H,10-13H2/t17-,20-/m1/s1. The van der Waals surface area contributed by atoms with Crippen molar-refractivity contribution in [3.05, 3.63) is 71.4 Å². The van der Waals surface area contributed by atoms with Crippen LogP contribution in [0.15, 0.2) is 60.0 Å². The lowest BCUT2D eigenvalue weighted by atomic mass is 10.0. The molecule has 1 fully saturated rings. The van der Waals surface area contributed by atoms with Crippen LogP contribution < -0.4 is 4.90 Å². The van der Waals surface area contributed by atoms with Crippen molar-refractivity contribution in [2.75, 3.05) is 17.3 Å². The maximum absolute atomic E-state index is 13.2. The van der Waals surface area contributed by atoms with E-state index in [1.54, 1.807) is 0 Å². The van der Waals surface area contributed by atoms with E-state index in [1.807, 2.05) is 35.7 Å². The van der Waals surface area contributed by atoms with Crippen LogP contribution in [0.25, 0.3) is 11.3 Å². The maximum atomic E-state index is 13.2. The van der Waals surface area contributed by atoms with Gasteiger partial charge in [0.15, 0.2) is 11.2 Å². The SMILES string of the molecule is O=C(O[C@H](CCCl)C(=O)c1ccc(F)cc1)[C@@H]1CC(=O)N(c2nc(-c3ccccc3)cs2)C1. The van der Waals surface area contributed by atoms with E-state index in [4.69, 9.17) is 16.3 Å². The van der Waals surface area contributed by atoms with Gasteiger partial charge in [-0.3, -0.25) is 19.3 Å². The molecule has 1 aromatic heterocycles. The number of aromatic nitrogens is 1. The van der Waals surface area contributed by atoms with Crippen molar-refractivity contribution >= 4 is 45.7 Å². The second-order valence-electron chi connectivity index (χ2n) is 7.56. The zero-order valence-electron chi connectivity index (χ0n) is 17.4. The van der Waals surface area contributed by atoms with E-state index in [1.165, 1.54) is 28.4 Å². The molecule has 0 radical (unpaired) electrons. The summed E-state index contributed by atoms with van der Waals surface area (Å²) >= 11 is 7.13. The summed E-state index contributed by atoms with van der Waals surface area (Å²) < 4.78 is 18.6. The number of rotatable bonds is 8. The third-order valence-corrected chi connectivity index (χ3v) is 6.38. The Bertz CT molecular complexity index is 1150. The molecule has 0 aliphatic carbocycles. The third-order valence-electron chi connectivity index (χ3n) is 5.30. The highest BCUT2D eigenvalue weighted by Gasteiger charge is 2.39.